The summed E-state index contributed by atoms with van der Waals surface area (Å²) >= 11 is 0. The fraction of sp³-hybridized carbons (Fsp3) is 0.458. The normalized spacial score (nSPS) is 11.1. The Morgan fingerprint density at radius 2 is 1.57 bits per heavy atom. The number of hydrogen-bond acceptors (Lipinski definition) is 3. The molecular formula is C24H34N2O2. The number of rotatable bonds is 10. The van der Waals surface area contributed by atoms with Gasteiger partial charge in [0.2, 0.25) is 5.91 Å². The molecular weight excluding hydrogens is 348 g/mol. The molecule has 0 heterocycles. The van der Waals surface area contributed by atoms with Crippen molar-refractivity contribution in [2.75, 3.05) is 25.5 Å². The first kappa shape index (κ1) is 22.0. The van der Waals surface area contributed by atoms with E-state index in [0.29, 0.717) is 24.8 Å². The Bertz CT molecular complexity index is 743. The van der Waals surface area contributed by atoms with Crippen molar-refractivity contribution in [2.45, 2.75) is 52.4 Å². The van der Waals surface area contributed by atoms with Crippen molar-refractivity contribution in [1.29, 1.82) is 0 Å². The van der Waals surface area contributed by atoms with Crippen LogP contribution in [0.4, 0.5) is 5.69 Å². The zero-order chi connectivity index (χ0) is 20.5. The lowest BCUT2D eigenvalue weighted by molar-refractivity contribution is -0.116. The van der Waals surface area contributed by atoms with Crippen molar-refractivity contribution in [3.8, 4) is 5.75 Å². The van der Waals surface area contributed by atoms with Crippen LogP contribution in [0, 0.1) is 0 Å². The zero-order valence-corrected chi connectivity index (χ0v) is 17.8. The van der Waals surface area contributed by atoms with Gasteiger partial charge >= 0.3 is 0 Å². The highest BCUT2D eigenvalue weighted by molar-refractivity contribution is 5.92. The molecule has 0 saturated heterocycles. The molecule has 0 aliphatic carbocycles. The van der Waals surface area contributed by atoms with Crippen molar-refractivity contribution >= 4 is 11.6 Å². The fourth-order valence-corrected chi connectivity index (χ4v) is 3.36. The maximum absolute atomic E-state index is 12.5. The van der Waals surface area contributed by atoms with Crippen LogP contribution in [-0.2, 0) is 11.2 Å². The van der Waals surface area contributed by atoms with Gasteiger partial charge in [-0.05, 0) is 47.6 Å². The third-order valence-electron chi connectivity index (χ3n) is 4.93. The van der Waals surface area contributed by atoms with Crippen molar-refractivity contribution < 1.29 is 9.53 Å². The number of nitrogens with one attached hydrogen (secondary N) is 2. The van der Waals surface area contributed by atoms with Gasteiger partial charge < -0.3 is 15.4 Å². The summed E-state index contributed by atoms with van der Waals surface area (Å²) in [6.07, 6.45) is 1.33. The highest BCUT2D eigenvalue weighted by Gasteiger charge is 2.15. The summed E-state index contributed by atoms with van der Waals surface area (Å²) in [5.74, 6) is 1.70. The van der Waals surface area contributed by atoms with E-state index in [4.69, 9.17) is 4.74 Å². The van der Waals surface area contributed by atoms with Crippen LogP contribution in [0.15, 0.2) is 42.5 Å². The van der Waals surface area contributed by atoms with E-state index in [2.05, 4.69) is 62.6 Å². The minimum Gasteiger partial charge on any atom is -0.496 e. The highest BCUT2D eigenvalue weighted by atomic mass is 16.5. The molecule has 0 aromatic heterocycles. The maximum Gasteiger partial charge on any atom is 0.225 e. The van der Waals surface area contributed by atoms with E-state index in [1.54, 1.807) is 7.11 Å². The van der Waals surface area contributed by atoms with Crippen molar-refractivity contribution in [2.24, 2.45) is 0 Å². The summed E-state index contributed by atoms with van der Waals surface area (Å²) in [5.41, 5.74) is 4.56. The molecule has 2 aromatic rings. The molecule has 0 unspecified atom stereocenters. The first-order chi connectivity index (χ1) is 13.4. The van der Waals surface area contributed by atoms with E-state index in [1.807, 2.05) is 18.2 Å². The van der Waals surface area contributed by atoms with Gasteiger partial charge in [-0.25, -0.2) is 0 Å². The Hall–Kier alpha value is -2.33. The number of anilines is 1. The molecule has 2 N–H and O–H groups in total. The average Bonchev–Trinajstić information content (AvgIpc) is 2.67. The Kier molecular flexibility index (Phi) is 8.52. The van der Waals surface area contributed by atoms with Gasteiger partial charge in [-0.3, -0.25) is 4.79 Å². The second-order valence-electron chi connectivity index (χ2n) is 7.73. The molecule has 0 aliphatic heterocycles. The molecule has 4 nitrogen and oxygen atoms in total. The minimum absolute atomic E-state index is 0.0554. The molecule has 0 aliphatic rings. The highest BCUT2D eigenvalue weighted by Crippen LogP contribution is 2.32. The molecule has 152 valence electrons. The van der Waals surface area contributed by atoms with Gasteiger partial charge in [0, 0.05) is 18.7 Å². The molecule has 0 bridgehead atoms. The number of methoxy groups -OCH3 is 1. The summed E-state index contributed by atoms with van der Waals surface area (Å²) in [6.45, 7) is 10.1. The topological polar surface area (TPSA) is 50.4 Å². The predicted molar refractivity (Wildman–Crippen MR) is 117 cm³/mol. The number of carbonyl (C=O) groups is 1. The second kappa shape index (κ2) is 10.9. The van der Waals surface area contributed by atoms with Crippen LogP contribution in [0.3, 0.4) is 0 Å². The Morgan fingerprint density at radius 3 is 2.18 bits per heavy atom. The quantitative estimate of drug-likeness (QED) is 0.562. The first-order valence-electron chi connectivity index (χ1n) is 10.2. The van der Waals surface area contributed by atoms with Crippen LogP contribution in [0.1, 0.15) is 62.6 Å². The molecule has 2 aromatic carbocycles. The molecule has 0 radical (unpaired) electrons. The molecule has 4 heteroatoms. The largest absolute Gasteiger partial charge is 0.496 e. The lowest BCUT2D eigenvalue weighted by Crippen LogP contribution is -2.24. The van der Waals surface area contributed by atoms with Crippen LogP contribution in [0.5, 0.6) is 5.75 Å². The Labute approximate surface area is 169 Å². The molecule has 0 spiro atoms. The van der Waals surface area contributed by atoms with Crippen LogP contribution < -0.4 is 15.4 Å². The van der Waals surface area contributed by atoms with E-state index in [-0.39, 0.29) is 5.91 Å². The first-order valence-corrected chi connectivity index (χ1v) is 10.2. The van der Waals surface area contributed by atoms with Crippen LogP contribution in [0.25, 0.3) is 0 Å². The van der Waals surface area contributed by atoms with Gasteiger partial charge in [-0.1, -0.05) is 64.1 Å². The molecule has 0 fully saturated rings. The van der Waals surface area contributed by atoms with E-state index in [9.17, 15) is 4.79 Å². The van der Waals surface area contributed by atoms with Gasteiger partial charge in [0.15, 0.2) is 0 Å². The average molecular weight is 383 g/mol. The third kappa shape index (κ3) is 6.10. The summed E-state index contributed by atoms with van der Waals surface area (Å²) in [6, 6.07) is 14.3. The van der Waals surface area contributed by atoms with E-state index >= 15 is 0 Å². The molecule has 28 heavy (non-hydrogen) atoms. The second-order valence-corrected chi connectivity index (χ2v) is 7.73. The Balaban J connectivity index is 1.86. The summed E-state index contributed by atoms with van der Waals surface area (Å²) in [5, 5.41) is 6.53. The monoisotopic (exact) mass is 382 g/mol. The zero-order valence-electron chi connectivity index (χ0n) is 17.8. The van der Waals surface area contributed by atoms with E-state index in [0.717, 1.165) is 24.4 Å². The number of hydrogen-bond donors (Lipinski definition) is 2. The molecule has 0 saturated carbocycles. The number of carbonyl (C=O) groups excluding carboxylic acids is 1. The Morgan fingerprint density at radius 1 is 0.929 bits per heavy atom. The molecule has 2 rings (SSSR count). The minimum atomic E-state index is 0.0554. The molecule has 0 atom stereocenters. The summed E-state index contributed by atoms with van der Waals surface area (Å²) < 4.78 is 5.38. The fourth-order valence-electron chi connectivity index (χ4n) is 3.36. The van der Waals surface area contributed by atoms with E-state index in [1.165, 1.54) is 16.7 Å². The van der Waals surface area contributed by atoms with E-state index < -0.39 is 0 Å². The number of ether oxygens (including phenoxy) is 1. The van der Waals surface area contributed by atoms with Crippen molar-refractivity contribution in [3.05, 3.63) is 59.2 Å². The maximum atomic E-state index is 12.5. The van der Waals surface area contributed by atoms with Crippen molar-refractivity contribution in [1.82, 2.24) is 5.32 Å². The lowest BCUT2D eigenvalue weighted by atomic mass is 9.92. The standard InChI is InChI=1S/C24H34N2O2/c1-17(2)20-10-8-11-21(18(3)4)24(20)26-23(27)14-16-25-15-13-19-9-6-7-12-22(19)28-5/h6-12,17-18,25H,13-16H2,1-5H3,(H,26,27). The van der Waals surface area contributed by atoms with Gasteiger partial charge in [0.05, 0.1) is 7.11 Å². The van der Waals surface area contributed by atoms with Crippen LogP contribution in [-0.4, -0.2) is 26.1 Å². The van der Waals surface area contributed by atoms with Gasteiger partial charge in [-0.15, -0.1) is 0 Å². The number of para-hydroxylation sites is 2. The smallest absolute Gasteiger partial charge is 0.225 e. The molecule has 1 amide bonds. The predicted octanol–water partition coefficient (Wildman–Crippen LogP) is 5.10. The number of benzene rings is 2. The number of amides is 1. The SMILES string of the molecule is COc1ccccc1CCNCCC(=O)Nc1c(C(C)C)cccc1C(C)C. The van der Waals surface area contributed by atoms with Crippen LogP contribution >= 0.6 is 0 Å². The van der Waals surface area contributed by atoms with Crippen molar-refractivity contribution in [3.63, 3.8) is 0 Å². The van der Waals surface area contributed by atoms with Gasteiger partial charge in [-0.2, -0.15) is 0 Å². The van der Waals surface area contributed by atoms with Crippen LogP contribution in [0.2, 0.25) is 0 Å². The summed E-state index contributed by atoms with van der Waals surface area (Å²) in [7, 11) is 1.69. The third-order valence-corrected chi connectivity index (χ3v) is 4.93. The summed E-state index contributed by atoms with van der Waals surface area (Å²) in [4.78, 5) is 12.5. The van der Waals surface area contributed by atoms with Gasteiger partial charge in [0.1, 0.15) is 5.75 Å². The lowest BCUT2D eigenvalue weighted by Gasteiger charge is -2.20. The van der Waals surface area contributed by atoms with Gasteiger partial charge in [0.25, 0.3) is 0 Å².